The summed E-state index contributed by atoms with van der Waals surface area (Å²) in [6, 6.07) is 3.22. The molecule has 26 heavy (non-hydrogen) atoms. The van der Waals surface area contributed by atoms with E-state index in [2.05, 4.69) is 20.2 Å². The molecule has 0 aliphatic carbocycles. The number of hydrogen-bond donors (Lipinski definition) is 2. The molecule has 2 N–H and O–H groups in total. The van der Waals surface area contributed by atoms with Gasteiger partial charge >= 0.3 is 0 Å². The quantitative estimate of drug-likeness (QED) is 0.655. The lowest BCUT2D eigenvalue weighted by molar-refractivity contribution is -0.132. The van der Waals surface area contributed by atoms with Gasteiger partial charge in [-0.05, 0) is 19.9 Å². The summed E-state index contributed by atoms with van der Waals surface area (Å²) in [5, 5.41) is 16.8. The summed E-state index contributed by atoms with van der Waals surface area (Å²) in [5.74, 6) is 0.560. The number of nitrogens with one attached hydrogen (secondary N) is 1. The minimum Gasteiger partial charge on any atom is -0.387 e. The number of aromatic amines is 1. The van der Waals surface area contributed by atoms with Crippen molar-refractivity contribution in [2.24, 2.45) is 0 Å². The van der Waals surface area contributed by atoms with Gasteiger partial charge in [0.05, 0.1) is 37.0 Å². The van der Waals surface area contributed by atoms with E-state index in [0.717, 1.165) is 5.69 Å². The topological polar surface area (TPSA) is 121 Å². The number of aromatic nitrogens is 6. The molecule has 0 spiro atoms. The SMILES string of the molecule is Cc1cc(=O)n2[nH]c(CC(=O)N3CCn4nc(C(C)O)cc4C3)nc2n1. The second-order valence-corrected chi connectivity index (χ2v) is 6.49. The van der Waals surface area contributed by atoms with Gasteiger partial charge in [0.15, 0.2) is 0 Å². The van der Waals surface area contributed by atoms with Crippen LogP contribution in [0, 0.1) is 6.92 Å². The van der Waals surface area contributed by atoms with Crippen molar-refractivity contribution in [3.63, 3.8) is 0 Å². The molecule has 0 saturated carbocycles. The average Bonchev–Trinajstić information content (AvgIpc) is 3.17. The number of aliphatic hydroxyl groups is 1. The van der Waals surface area contributed by atoms with Crippen LogP contribution in [0.3, 0.4) is 0 Å². The first-order valence-electron chi connectivity index (χ1n) is 8.38. The second-order valence-electron chi connectivity index (χ2n) is 6.49. The molecule has 3 aromatic rings. The number of aliphatic hydroxyl groups excluding tert-OH is 1. The van der Waals surface area contributed by atoms with Gasteiger partial charge in [-0.3, -0.25) is 19.4 Å². The number of nitrogens with zero attached hydrogens (tertiary/aromatic N) is 6. The third kappa shape index (κ3) is 2.88. The summed E-state index contributed by atoms with van der Waals surface area (Å²) in [6.45, 7) is 4.92. The molecule has 0 bridgehead atoms. The highest BCUT2D eigenvalue weighted by Crippen LogP contribution is 2.18. The molecule has 1 aliphatic rings. The van der Waals surface area contributed by atoms with Gasteiger partial charge < -0.3 is 10.0 Å². The van der Waals surface area contributed by atoms with Crippen LogP contribution in [0.5, 0.6) is 0 Å². The van der Waals surface area contributed by atoms with Crippen LogP contribution in [0.2, 0.25) is 0 Å². The molecule has 4 rings (SSSR count). The number of amides is 1. The van der Waals surface area contributed by atoms with Gasteiger partial charge in [-0.2, -0.15) is 14.6 Å². The van der Waals surface area contributed by atoms with E-state index in [0.29, 0.717) is 36.8 Å². The maximum atomic E-state index is 12.6. The third-order valence-electron chi connectivity index (χ3n) is 4.42. The van der Waals surface area contributed by atoms with E-state index < -0.39 is 6.10 Å². The molecule has 0 fully saturated rings. The van der Waals surface area contributed by atoms with Gasteiger partial charge in [-0.25, -0.2) is 4.98 Å². The monoisotopic (exact) mass is 357 g/mol. The number of hydrogen-bond acceptors (Lipinski definition) is 6. The number of carbonyl (C=O) groups is 1. The molecule has 1 amide bonds. The molecule has 1 unspecified atom stereocenters. The predicted octanol–water partition coefficient (Wildman–Crippen LogP) is -0.439. The van der Waals surface area contributed by atoms with E-state index in [1.165, 1.54) is 10.6 Å². The minimum atomic E-state index is -0.637. The molecule has 4 heterocycles. The lowest BCUT2D eigenvalue weighted by Gasteiger charge is -2.27. The standard InChI is InChI=1S/C16H19N7O3/c1-9-5-15(26)23-16(17-9)18-13(20-23)7-14(25)21-3-4-22-11(8-21)6-12(19-22)10(2)24/h5-6,10,24H,3-4,7-8H2,1-2H3,(H,17,18,20). The Balaban J connectivity index is 1.52. The lowest BCUT2D eigenvalue weighted by atomic mass is 10.2. The minimum absolute atomic E-state index is 0.0548. The second kappa shape index (κ2) is 6.06. The Kier molecular flexibility index (Phi) is 3.83. The third-order valence-corrected chi connectivity index (χ3v) is 4.42. The Labute approximate surface area is 148 Å². The van der Waals surface area contributed by atoms with Gasteiger partial charge in [-0.1, -0.05) is 0 Å². The largest absolute Gasteiger partial charge is 0.387 e. The van der Waals surface area contributed by atoms with Crippen molar-refractivity contribution in [3.05, 3.63) is 45.4 Å². The highest BCUT2D eigenvalue weighted by Gasteiger charge is 2.24. The van der Waals surface area contributed by atoms with Crippen molar-refractivity contribution < 1.29 is 9.90 Å². The first kappa shape index (κ1) is 16.5. The molecule has 10 heteroatoms. The zero-order chi connectivity index (χ0) is 18.4. The van der Waals surface area contributed by atoms with Crippen molar-refractivity contribution in [1.29, 1.82) is 0 Å². The lowest BCUT2D eigenvalue weighted by Crippen LogP contribution is -2.39. The van der Waals surface area contributed by atoms with E-state index in [-0.39, 0.29) is 23.7 Å². The average molecular weight is 357 g/mol. The van der Waals surface area contributed by atoms with Gasteiger partial charge in [0.1, 0.15) is 5.82 Å². The summed E-state index contributed by atoms with van der Waals surface area (Å²) in [6.07, 6.45) is -0.582. The van der Waals surface area contributed by atoms with E-state index in [1.54, 1.807) is 18.7 Å². The molecular formula is C16H19N7O3. The fraction of sp³-hybridized carbons (Fsp3) is 0.438. The van der Waals surface area contributed by atoms with Crippen LogP contribution in [-0.4, -0.2) is 51.8 Å². The van der Waals surface area contributed by atoms with Gasteiger partial charge in [0.2, 0.25) is 5.91 Å². The molecule has 136 valence electrons. The van der Waals surface area contributed by atoms with Crippen molar-refractivity contribution >= 4 is 11.7 Å². The normalized spacial score (nSPS) is 15.3. The van der Waals surface area contributed by atoms with Crippen molar-refractivity contribution in [2.45, 2.75) is 39.5 Å². The Hall–Kier alpha value is -3.01. The van der Waals surface area contributed by atoms with E-state index >= 15 is 0 Å². The van der Waals surface area contributed by atoms with Crippen LogP contribution in [0.1, 0.15) is 35.9 Å². The van der Waals surface area contributed by atoms with Crippen LogP contribution < -0.4 is 5.56 Å². The number of rotatable bonds is 3. The van der Waals surface area contributed by atoms with E-state index in [9.17, 15) is 14.7 Å². The molecule has 0 aromatic carbocycles. The molecule has 3 aromatic heterocycles. The Morgan fingerprint density at radius 1 is 1.35 bits per heavy atom. The first-order valence-corrected chi connectivity index (χ1v) is 8.38. The van der Waals surface area contributed by atoms with Crippen molar-refractivity contribution in [2.75, 3.05) is 6.54 Å². The molecule has 1 aliphatic heterocycles. The molecule has 0 saturated heterocycles. The predicted molar refractivity (Wildman–Crippen MR) is 90.3 cm³/mol. The molecule has 10 nitrogen and oxygen atoms in total. The fourth-order valence-corrected chi connectivity index (χ4v) is 3.08. The van der Waals surface area contributed by atoms with Crippen LogP contribution in [0.4, 0.5) is 0 Å². The summed E-state index contributed by atoms with van der Waals surface area (Å²) in [5.41, 5.74) is 1.81. The zero-order valence-corrected chi connectivity index (χ0v) is 14.5. The molecule has 0 radical (unpaired) electrons. The fourth-order valence-electron chi connectivity index (χ4n) is 3.08. The number of aryl methyl sites for hydroxylation is 1. The van der Waals surface area contributed by atoms with Crippen LogP contribution in [-0.2, 0) is 24.3 Å². The van der Waals surface area contributed by atoms with Gasteiger partial charge in [0.25, 0.3) is 11.3 Å². The number of H-pyrrole nitrogens is 1. The Bertz CT molecular complexity index is 1050. The van der Waals surface area contributed by atoms with Crippen molar-refractivity contribution in [3.8, 4) is 0 Å². The maximum absolute atomic E-state index is 12.6. The summed E-state index contributed by atoms with van der Waals surface area (Å²) >= 11 is 0. The summed E-state index contributed by atoms with van der Waals surface area (Å²) < 4.78 is 3.05. The smallest absolute Gasteiger partial charge is 0.274 e. The molecular weight excluding hydrogens is 338 g/mol. The van der Waals surface area contributed by atoms with Crippen LogP contribution in [0.25, 0.3) is 5.78 Å². The zero-order valence-electron chi connectivity index (χ0n) is 14.5. The van der Waals surface area contributed by atoms with Gasteiger partial charge in [0, 0.05) is 18.3 Å². The first-order chi connectivity index (χ1) is 12.4. The van der Waals surface area contributed by atoms with Crippen LogP contribution >= 0.6 is 0 Å². The van der Waals surface area contributed by atoms with Gasteiger partial charge in [-0.15, -0.1) is 0 Å². The Morgan fingerprint density at radius 2 is 2.15 bits per heavy atom. The highest BCUT2D eigenvalue weighted by molar-refractivity contribution is 5.78. The van der Waals surface area contributed by atoms with E-state index in [1.807, 2.05) is 10.7 Å². The van der Waals surface area contributed by atoms with Crippen molar-refractivity contribution in [1.82, 2.24) is 34.3 Å². The summed E-state index contributed by atoms with van der Waals surface area (Å²) in [7, 11) is 0. The highest BCUT2D eigenvalue weighted by atomic mass is 16.3. The maximum Gasteiger partial charge on any atom is 0.274 e. The van der Waals surface area contributed by atoms with Crippen LogP contribution in [0.15, 0.2) is 16.9 Å². The number of fused-ring (bicyclic) bond motifs is 2. The summed E-state index contributed by atoms with van der Waals surface area (Å²) in [4.78, 5) is 34.7. The van der Waals surface area contributed by atoms with E-state index in [4.69, 9.17) is 0 Å². The Morgan fingerprint density at radius 3 is 2.92 bits per heavy atom. The number of carbonyl (C=O) groups excluding carboxylic acids is 1. The molecule has 1 atom stereocenters.